The van der Waals surface area contributed by atoms with E-state index in [0.29, 0.717) is 25.3 Å². The highest BCUT2D eigenvalue weighted by Gasteiger charge is 2.10. The third kappa shape index (κ3) is 4.60. The Balaban J connectivity index is 2.65. The maximum atomic E-state index is 13.8. The molecule has 1 aromatic carbocycles. The zero-order valence-corrected chi connectivity index (χ0v) is 11.0. The van der Waals surface area contributed by atoms with Gasteiger partial charge in [-0.25, -0.2) is 4.39 Å². The number of nitrogens with two attached hydrogens (primary N) is 1. The van der Waals surface area contributed by atoms with E-state index in [2.05, 4.69) is 4.90 Å². The molecule has 18 heavy (non-hydrogen) atoms. The van der Waals surface area contributed by atoms with Gasteiger partial charge in [-0.3, -0.25) is 4.90 Å². The van der Waals surface area contributed by atoms with Crippen molar-refractivity contribution in [3.05, 3.63) is 29.6 Å². The SMILES string of the molecule is COCCN(CCOC)Cc1cccc(N)c1F. The molecule has 102 valence electrons. The van der Waals surface area contributed by atoms with Crippen molar-refractivity contribution in [2.24, 2.45) is 0 Å². The molecule has 5 heteroatoms. The molecule has 1 aromatic rings. The van der Waals surface area contributed by atoms with Crippen LogP contribution in [-0.2, 0) is 16.0 Å². The van der Waals surface area contributed by atoms with Crippen LogP contribution in [0.3, 0.4) is 0 Å². The molecule has 0 aliphatic rings. The van der Waals surface area contributed by atoms with Gasteiger partial charge in [0.15, 0.2) is 5.82 Å². The van der Waals surface area contributed by atoms with Crippen LogP contribution in [0.4, 0.5) is 10.1 Å². The zero-order chi connectivity index (χ0) is 13.4. The lowest BCUT2D eigenvalue weighted by Gasteiger charge is -2.22. The maximum Gasteiger partial charge on any atom is 0.150 e. The molecule has 0 saturated heterocycles. The standard InChI is InChI=1S/C13H21FN2O2/c1-17-8-6-16(7-9-18-2)10-11-4-3-5-12(15)13(11)14/h3-5H,6-10,15H2,1-2H3. The van der Waals surface area contributed by atoms with E-state index in [4.69, 9.17) is 15.2 Å². The number of anilines is 1. The Bertz CT molecular complexity index is 353. The van der Waals surface area contributed by atoms with Crippen molar-refractivity contribution in [2.45, 2.75) is 6.54 Å². The molecular formula is C13H21FN2O2. The second-order valence-electron chi connectivity index (χ2n) is 4.08. The largest absolute Gasteiger partial charge is 0.396 e. The monoisotopic (exact) mass is 256 g/mol. The Morgan fingerprint density at radius 1 is 1.17 bits per heavy atom. The van der Waals surface area contributed by atoms with Crippen LogP contribution in [0.5, 0.6) is 0 Å². The Morgan fingerprint density at radius 2 is 1.78 bits per heavy atom. The van der Waals surface area contributed by atoms with Crippen LogP contribution in [0.25, 0.3) is 0 Å². The first-order valence-corrected chi connectivity index (χ1v) is 5.92. The molecule has 0 aliphatic heterocycles. The van der Waals surface area contributed by atoms with Crippen molar-refractivity contribution in [1.29, 1.82) is 0 Å². The Morgan fingerprint density at radius 3 is 2.33 bits per heavy atom. The van der Waals surface area contributed by atoms with Crippen LogP contribution in [-0.4, -0.2) is 45.4 Å². The van der Waals surface area contributed by atoms with E-state index < -0.39 is 0 Å². The number of benzene rings is 1. The highest BCUT2D eigenvalue weighted by atomic mass is 19.1. The van der Waals surface area contributed by atoms with E-state index >= 15 is 0 Å². The van der Waals surface area contributed by atoms with Crippen LogP contribution < -0.4 is 5.73 Å². The van der Waals surface area contributed by atoms with E-state index in [9.17, 15) is 4.39 Å². The highest BCUT2D eigenvalue weighted by molar-refractivity contribution is 5.42. The van der Waals surface area contributed by atoms with Gasteiger partial charge in [0.1, 0.15) is 0 Å². The smallest absolute Gasteiger partial charge is 0.150 e. The Kier molecular flexibility index (Phi) is 6.64. The average molecular weight is 256 g/mol. The number of halogens is 1. The van der Waals surface area contributed by atoms with E-state index in [1.165, 1.54) is 0 Å². The predicted octanol–water partition coefficient (Wildman–Crippen LogP) is 1.50. The third-order valence-electron chi connectivity index (χ3n) is 2.73. The summed E-state index contributed by atoms with van der Waals surface area (Å²) < 4.78 is 23.9. The number of ether oxygens (including phenoxy) is 2. The molecule has 2 N–H and O–H groups in total. The fourth-order valence-electron chi connectivity index (χ4n) is 1.67. The van der Waals surface area contributed by atoms with Gasteiger partial charge in [-0.1, -0.05) is 12.1 Å². The van der Waals surface area contributed by atoms with E-state index in [0.717, 1.165) is 13.1 Å². The maximum absolute atomic E-state index is 13.8. The quantitative estimate of drug-likeness (QED) is 0.716. The summed E-state index contributed by atoms with van der Waals surface area (Å²) in [6.07, 6.45) is 0. The summed E-state index contributed by atoms with van der Waals surface area (Å²) in [6.45, 7) is 3.17. The Hall–Kier alpha value is -1.17. The number of methoxy groups -OCH3 is 2. The average Bonchev–Trinajstić information content (AvgIpc) is 2.38. The molecule has 0 atom stereocenters. The predicted molar refractivity (Wildman–Crippen MR) is 69.8 cm³/mol. The summed E-state index contributed by atoms with van der Waals surface area (Å²) >= 11 is 0. The van der Waals surface area contributed by atoms with Gasteiger partial charge in [-0.05, 0) is 6.07 Å². The molecular weight excluding hydrogens is 235 g/mol. The molecule has 0 aromatic heterocycles. The van der Waals surface area contributed by atoms with Crippen molar-refractivity contribution < 1.29 is 13.9 Å². The van der Waals surface area contributed by atoms with Crippen molar-refractivity contribution in [2.75, 3.05) is 46.3 Å². The number of rotatable bonds is 8. The van der Waals surface area contributed by atoms with Gasteiger partial charge in [-0.15, -0.1) is 0 Å². The molecule has 0 radical (unpaired) electrons. The summed E-state index contributed by atoms with van der Waals surface area (Å²) in [7, 11) is 3.30. The van der Waals surface area contributed by atoms with E-state index in [1.807, 2.05) is 0 Å². The van der Waals surface area contributed by atoms with E-state index in [-0.39, 0.29) is 11.5 Å². The first-order valence-electron chi connectivity index (χ1n) is 5.92. The minimum absolute atomic E-state index is 0.186. The third-order valence-corrected chi connectivity index (χ3v) is 2.73. The van der Waals surface area contributed by atoms with Crippen LogP contribution in [0.15, 0.2) is 18.2 Å². The molecule has 0 bridgehead atoms. The number of hydrogen-bond acceptors (Lipinski definition) is 4. The minimum atomic E-state index is -0.336. The van der Waals surface area contributed by atoms with Gasteiger partial charge in [-0.2, -0.15) is 0 Å². The molecule has 1 rings (SSSR count). The van der Waals surface area contributed by atoms with Crippen molar-refractivity contribution in [3.63, 3.8) is 0 Å². The fraction of sp³-hybridized carbons (Fsp3) is 0.538. The lowest BCUT2D eigenvalue weighted by atomic mass is 10.1. The number of nitrogens with zero attached hydrogens (tertiary/aromatic N) is 1. The topological polar surface area (TPSA) is 47.7 Å². The first kappa shape index (κ1) is 14.9. The van der Waals surface area contributed by atoms with Crippen LogP contribution in [0.2, 0.25) is 0 Å². The molecule has 0 saturated carbocycles. The van der Waals surface area contributed by atoms with E-state index in [1.54, 1.807) is 32.4 Å². The number of nitrogen functional groups attached to an aromatic ring is 1. The summed E-state index contributed by atoms with van der Waals surface area (Å²) in [6, 6.07) is 5.07. The van der Waals surface area contributed by atoms with Crippen molar-refractivity contribution in [3.8, 4) is 0 Å². The minimum Gasteiger partial charge on any atom is -0.396 e. The summed E-state index contributed by atoms with van der Waals surface area (Å²) in [5.41, 5.74) is 6.34. The van der Waals surface area contributed by atoms with Gasteiger partial charge in [0.2, 0.25) is 0 Å². The molecule has 0 amide bonds. The first-order chi connectivity index (χ1) is 8.69. The van der Waals surface area contributed by atoms with Gasteiger partial charge >= 0.3 is 0 Å². The normalized spacial score (nSPS) is 11.1. The Labute approximate surface area is 107 Å². The highest BCUT2D eigenvalue weighted by Crippen LogP contribution is 2.16. The summed E-state index contributed by atoms with van der Waals surface area (Å²) in [4.78, 5) is 2.07. The van der Waals surface area contributed by atoms with Crippen molar-refractivity contribution >= 4 is 5.69 Å². The molecule has 0 unspecified atom stereocenters. The molecule has 0 fully saturated rings. The van der Waals surface area contributed by atoms with Crippen LogP contribution in [0, 0.1) is 5.82 Å². The summed E-state index contributed by atoms with van der Waals surface area (Å²) in [5.74, 6) is -0.336. The molecule has 0 heterocycles. The molecule has 4 nitrogen and oxygen atoms in total. The van der Waals surface area contributed by atoms with Crippen molar-refractivity contribution in [1.82, 2.24) is 4.90 Å². The van der Waals surface area contributed by atoms with Gasteiger partial charge < -0.3 is 15.2 Å². The van der Waals surface area contributed by atoms with Crippen LogP contribution in [0.1, 0.15) is 5.56 Å². The number of hydrogen-bond donors (Lipinski definition) is 1. The molecule has 0 aliphatic carbocycles. The fourth-order valence-corrected chi connectivity index (χ4v) is 1.67. The second-order valence-corrected chi connectivity index (χ2v) is 4.08. The van der Waals surface area contributed by atoms with Gasteiger partial charge in [0.05, 0.1) is 18.9 Å². The lowest BCUT2D eigenvalue weighted by molar-refractivity contribution is 0.109. The summed E-state index contributed by atoms with van der Waals surface area (Å²) in [5, 5.41) is 0. The molecule has 0 spiro atoms. The van der Waals surface area contributed by atoms with Crippen LogP contribution >= 0.6 is 0 Å². The van der Waals surface area contributed by atoms with Gasteiger partial charge in [0, 0.05) is 39.4 Å². The van der Waals surface area contributed by atoms with Gasteiger partial charge in [0.25, 0.3) is 0 Å². The lowest BCUT2D eigenvalue weighted by Crippen LogP contribution is -2.30. The zero-order valence-electron chi connectivity index (χ0n) is 11.0. The second kappa shape index (κ2) is 8.02.